The van der Waals surface area contributed by atoms with Gasteiger partial charge in [0.1, 0.15) is 5.82 Å². The highest BCUT2D eigenvalue weighted by molar-refractivity contribution is 8.00. The first-order chi connectivity index (χ1) is 9.92. The fraction of sp³-hybridized carbons (Fsp3) is 0.647. The van der Waals surface area contributed by atoms with Crippen LogP contribution in [0.15, 0.2) is 12.1 Å². The predicted molar refractivity (Wildman–Crippen MR) is 92.0 cm³/mol. The molecule has 3 atom stereocenters. The summed E-state index contributed by atoms with van der Waals surface area (Å²) in [5.41, 5.74) is 3.00. The molecule has 0 aliphatic carbocycles. The van der Waals surface area contributed by atoms with E-state index < -0.39 is 0 Å². The Kier molecular flexibility index (Phi) is 5.55. The van der Waals surface area contributed by atoms with Gasteiger partial charge in [0.05, 0.1) is 0 Å². The zero-order valence-electron chi connectivity index (χ0n) is 13.7. The Hall–Kier alpha value is -0.740. The smallest absolute Gasteiger partial charge is 0.126 e. The highest BCUT2D eigenvalue weighted by Crippen LogP contribution is 2.34. The van der Waals surface area contributed by atoms with Crippen molar-refractivity contribution in [3.8, 4) is 0 Å². The van der Waals surface area contributed by atoms with Crippen LogP contribution in [0.2, 0.25) is 0 Å². The lowest BCUT2D eigenvalue weighted by molar-refractivity contribution is 0.576. The van der Waals surface area contributed by atoms with Gasteiger partial charge in [0.15, 0.2) is 0 Å². The maximum atomic E-state index is 14.0. The third-order valence-corrected chi connectivity index (χ3v) is 5.27. The van der Waals surface area contributed by atoms with E-state index in [4.69, 9.17) is 0 Å². The van der Waals surface area contributed by atoms with Crippen molar-refractivity contribution in [1.82, 2.24) is 5.32 Å². The van der Waals surface area contributed by atoms with Crippen molar-refractivity contribution >= 4 is 17.4 Å². The minimum Gasteiger partial charge on any atom is -0.369 e. The van der Waals surface area contributed by atoms with E-state index in [2.05, 4.69) is 37.9 Å². The minimum atomic E-state index is -0.106. The van der Waals surface area contributed by atoms with Crippen molar-refractivity contribution in [1.29, 1.82) is 0 Å². The summed E-state index contributed by atoms with van der Waals surface area (Å²) in [5, 5.41) is 4.64. The molecule has 0 radical (unpaired) electrons. The molecular weight excluding hydrogens is 283 g/mol. The van der Waals surface area contributed by atoms with Crippen molar-refractivity contribution in [3.05, 3.63) is 29.1 Å². The van der Waals surface area contributed by atoms with E-state index in [0.29, 0.717) is 10.5 Å². The molecule has 2 rings (SSSR count). The molecule has 1 fully saturated rings. The summed E-state index contributed by atoms with van der Waals surface area (Å²) in [4.78, 5) is 2.43. The van der Waals surface area contributed by atoms with E-state index in [-0.39, 0.29) is 11.9 Å². The number of hydrogen-bond acceptors (Lipinski definition) is 3. The second kappa shape index (κ2) is 7.01. The number of aryl methyl sites for hydroxylation is 1. The van der Waals surface area contributed by atoms with Gasteiger partial charge in [-0.2, -0.15) is 11.8 Å². The molecule has 1 heterocycles. The second-order valence-corrected chi connectivity index (χ2v) is 7.98. The SMILES string of the molecule is CCNC(C)c1cc(F)c(C)cc1N1CC(C)SC(C)C1. The maximum absolute atomic E-state index is 14.0. The fourth-order valence-electron chi connectivity index (χ4n) is 3.09. The molecule has 4 heteroatoms. The Morgan fingerprint density at radius 1 is 1.33 bits per heavy atom. The van der Waals surface area contributed by atoms with Gasteiger partial charge in [-0.05, 0) is 43.7 Å². The normalized spacial score (nSPS) is 24.2. The van der Waals surface area contributed by atoms with E-state index in [1.807, 2.05) is 24.8 Å². The Morgan fingerprint density at radius 2 is 1.95 bits per heavy atom. The first-order valence-corrected chi connectivity index (χ1v) is 8.80. The van der Waals surface area contributed by atoms with Crippen LogP contribution in [-0.2, 0) is 0 Å². The molecule has 118 valence electrons. The van der Waals surface area contributed by atoms with E-state index in [1.165, 1.54) is 5.69 Å². The van der Waals surface area contributed by atoms with Crippen molar-refractivity contribution in [2.45, 2.75) is 51.2 Å². The molecule has 1 saturated heterocycles. The summed E-state index contributed by atoms with van der Waals surface area (Å²) in [5.74, 6) is -0.106. The van der Waals surface area contributed by atoms with E-state index in [9.17, 15) is 4.39 Å². The third kappa shape index (κ3) is 3.92. The number of benzene rings is 1. The zero-order valence-corrected chi connectivity index (χ0v) is 14.6. The van der Waals surface area contributed by atoms with Crippen LogP contribution in [0.4, 0.5) is 10.1 Å². The highest BCUT2D eigenvalue weighted by Gasteiger charge is 2.25. The summed E-state index contributed by atoms with van der Waals surface area (Å²) >= 11 is 2.04. The summed E-state index contributed by atoms with van der Waals surface area (Å²) in [7, 11) is 0. The molecule has 1 aromatic carbocycles. The summed E-state index contributed by atoms with van der Waals surface area (Å²) in [6.07, 6.45) is 0. The lowest BCUT2D eigenvalue weighted by Crippen LogP contribution is -2.41. The van der Waals surface area contributed by atoms with Gasteiger partial charge in [-0.25, -0.2) is 4.39 Å². The van der Waals surface area contributed by atoms with Crippen LogP contribution in [0.1, 0.15) is 44.9 Å². The van der Waals surface area contributed by atoms with E-state index in [0.717, 1.165) is 30.8 Å². The molecule has 1 aliphatic heterocycles. The molecule has 1 aliphatic rings. The topological polar surface area (TPSA) is 15.3 Å². The highest BCUT2D eigenvalue weighted by atomic mass is 32.2. The van der Waals surface area contributed by atoms with Gasteiger partial charge < -0.3 is 10.2 Å². The minimum absolute atomic E-state index is 0.106. The average molecular weight is 310 g/mol. The van der Waals surface area contributed by atoms with Crippen molar-refractivity contribution < 1.29 is 4.39 Å². The molecule has 0 amide bonds. The number of rotatable bonds is 4. The number of nitrogens with zero attached hydrogens (tertiary/aromatic N) is 1. The number of anilines is 1. The molecule has 1 aromatic rings. The molecule has 3 unspecified atom stereocenters. The van der Waals surface area contributed by atoms with E-state index >= 15 is 0 Å². The van der Waals surface area contributed by atoms with Crippen LogP contribution in [0, 0.1) is 12.7 Å². The summed E-state index contributed by atoms with van der Waals surface area (Å²) in [6, 6.07) is 3.91. The van der Waals surface area contributed by atoms with Crippen LogP contribution >= 0.6 is 11.8 Å². The molecule has 21 heavy (non-hydrogen) atoms. The van der Waals surface area contributed by atoms with Crippen LogP contribution in [0.25, 0.3) is 0 Å². The van der Waals surface area contributed by atoms with Crippen molar-refractivity contribution in [3.63, 3.8) is 0 Å². The van der Waals surface area contributed by atoms with Gasteiger partial charge in [0.25, 0.3) is 0 Å². The lowest BCUT2D eigenvalue weighted by atomic mass is 10.0. The van der Waals surface area contributed by atoms with E-state index in [1.54, 1.807) is 6.07 Å². The maximum Gasteiger partial charge on any atom is 0.126 e. The number of thioether (sulfide) groups is 1. The van der Waals surface area contributed by atoms with Gasteiger partial charge in [-0.15, -0.1) is 0 Å². The number of nitrogens with one attached hydrogen (secondary N) is 1. The van der Waals surface area contributed by atoms with Crippen LogP contribution in [0.5, 0.6) is 0 Å². The van der Waals surface area contributed by atoms with Gasteiger partial charge in [0, 0.05) is 35.3 Å². The standard InChI is InChI=1S/C17H27FN2S/c1-6-19-14(5)15-8-16(18)11(2)7-17(15)20-9-12(3)21-13(4)10-20/h7-8,12-14,19H,6,9-10H2,1-5H3. The Bertz CT molecular complexity index is 482. The van der Waals surface area contributed by atoms with Crippen LogP contribution < -0.4 is 10.2 Å². The first kappa shape index (κ1) is 16.6. The summed E-state index contributed by atoms with van der Waals surface area (Å²) in [6.45, 7) is 13.6. The molecule has 0 saturated carbocycles. The Balaban J connectivity index is 2.38. The monoisotopic (exact) mass is 310 g/mol. The first-order valence-electron chi connectivity index (χ1n) is 7.86. The van der Waals surface area contributed by atoms with Gasteiger partial charge in [-0.3, -0.25) is 0 Å². The largest absolute Gasteiger partial charge is 0.369 e. The second-order valence-electron chi connectivity index (χ2n) is 6.10. The lowest BCUT2D eigenvalue weighted by Gasteiger charge is -2.38. The number of hydrogen-bond donors (Lipinski definition) is 1. The van der Waals surface area contributed by atoms with Gasteiger partial charge in [-0.1, -0.05) is 20.8 Å². The van der Waals surface area contributed by atoms with Crippen LogP contribution in [0.3, 0.4) is 0 Å². The molecule has 1 N–H and O–H groups in total. The fourth-order valence-corrected chi connectivity index (χ4v) is 4.42. The molecular formula is C17H27FN2S. The van der Waals surface area contributed by atoms with Gasteiger partial charge in [0.2, 0.25) is 0 Å². The molecule has 0 aromatic heterocycles. The quantitative estimate of drug-likeness (QED) is 0.900. The van der Waals surface area contributed by atoms with Crippen molar-refractivity contribution in [2.24, 2.45) is 0 Å². The molecule has 2 nitrogen and oxygen atoms in total. The van der Waals surface area contributed by atoms with Crippen molar-refractivity contribution in [2.75, 3.05) is 24.5 Å². The zero-order chi connectivity index (χ0) is 15.6. The molecule has 0 bridgehead atoms. The molecule has 0 spiro atoms. The Morgan fingerprint density at radius 3 is 2.52 bits per heavy atom. The Labute approximate surface area is 132 Å². The van der Waals surface area contributed by atoms with Crippen LogP contribution in [-0.4, -0.2) is 30.1 Å². The number of halogens is 1. The predicted octanol–water partition coefficient (Wildman–Crippen LogP) is 4.13. The third-order valence-electron chi connectivity index (χ3n) is 4.05. The summed E-state index contributed by atoms with van der Waals surface area (Å²) < 4.78 is 14.0. The average Bonchev–Trinajstić information content (AvgIpc) is 2.40. The van der Waals surface area contributed by atoms with Gasteiger partial charge >= 0.3 is 0 Å².